The predicted molar refractivity (Wildman–Crippen MR) is 143 cm³/mol. The van der Waals surface area contributed by atoms with E-state index in [0.717, 1.165) is 55.7 Å². The van der Waals surface area contributed by atoms with Crippen LogP contribution in [0.2, 0.25) is 0 Å². The molecule has 44 heavy (non-hydrogen) atoms. The summed E-state index contributed by atoms with van der Waals surface area (Å²) >= 11 is 0. The summed E-state index contributed by atoms with van der Waals surface area (Å²) in [5, 5.41) is 0. The molecule has 0 unspecified atom stereocenters. The lowest BCUT2D eigenvalue weighted by molar-refractivity contribution is -0.187. The van der Waals surface area contributed by atoms with Crippen molar-refractivity contribution in [2.24, 2.45) is 0 Å². The number of hydrogen-bond donors (Lipinski definition) is 0. The van der Waals surface area contributed by atoms with Crippen LogP contribution < -0.4 is 4.74 Å². The lowest BCUT2D eigenvalue weighted by Gasteiger charge is -2.19. The average Bonchev–Trinajstić information content (AvgIpc) is 2.91. The van der Waals surface area contributed by atoms with Crippen molar-refractivity contribution < 1.29 is 48.6 Å². The second-order valence-corrected chi connectivity index (χ2v) is 9.79. The summed E-state index contributed by atoms with van der Waals surface area (Å²) in [7, 11) is 0. The summed E-state index contributed by atoms with van der Waals surface area (Å²) in [6, 6.07) is 9.81. The van der Waals surface area contributed by atoms with Gasteiger partial charge in [0, 0.05) is 17.2 Å². The fourth-order valence-electron chi connectivity index (χ4n) is 4.37. The average molecular weight is 625 g/mol. The molecular weight excluding hydrogens is 602 g/mol. The zero-order chi connectivity index (χ0) is 32.2. The summed E-state index contributed by atoms with van der Waals surface area (Å²) in [5.74, 6) is -3.25. The number of ether oxygens (including phenoxy) is 1. The van der Waals surface area contributed by atoms with Gasteiger partial charge in [-0.2, -0.15) is 22.0 Å². The zero-order valence-electron chi connectivity index (χ0n) is 22.9. The van der Waals surface area contributed by atoms with E-state index in [1.807, 2.05) is 6.92 Å². The molecule has 1 nitrogen and oxygen atoms in total. The molecule has 0 aliphatic carbocycles. The fraction of sp³-hybridized carbons (Fsp3) is 0.212. The maximum atomic E-state index is 14.9. The Kier molecular flexibility index (Phi) is 9.62. The van der Waals surface area contributed by atoms with Gasteiger partial charge in [0.05, 0.1) is 11.1 Å². The van der Waals surface area contributed by atoms with Crippen molar-refractivity contribution in [2.45, 2.75) is 44.9 Å². The molecule has 4 aromatic rings. The fourth-order valence-corrected chi connectivity index (χ4v) is 4.37. The van der Waals surface area contributed by atoms with Crippen LogP contribution in [0, 0.1) is 40.9 Å². The van der Waals surface area contributed by atoms with Gasteiger partial charge in [-0.15, -0.1) is 0 Å². The number of benzene rings is 4. The first-order valence-corrected chi connectivity index (χ1v) is 13.2. The monoisotopic (exact) mass is 624 g/mol. The molecule has 4 aromatic carbocycles. The molecule has 0 N–H and O–H groups in total. The molecule has 11 heteroatoms. The molecule has 0 radical (unpaired) electrons. The predicted octanol–water partition coefficient (Wildman–Crippen LogP) is 10.3. The van der Waals surface area contributed by atoms with E-state index >= 15 is 0 Å². The molecule has 0 amide bonds. The van der Waals surface area contributed by atoms with Crippen LogP contribution in [0.15, 0.2) is 66.7 Å². The van der Waals surface area contributed by atoms with Gasteiger partial charge in [0.15, 0.2) is 0 Å². The lowest BCUT2D eigenvalue weighted by atomic mass is 10.0. The summed E-state index contributed by atoms with van der Waals surface area (Å²) < 4.78 is 144. The zero-order valence-corrected chi connectivity index (χ0v) is 22.9. The molecule has 0 atom stereocenters. The largest absolute Gasteiger partial charge is 0.429 e. The highest BCUT2D eigenvalue weighted by atomic mass is 19.4. The molecule has 0 aliphatic heterocycles. The number of hydrogen-bond acceptors (Lipinski definition) is 1. The normalized spacial score (nSPS) is 11.7. The molecule has 0 fully saturated rings. The molecule has 0 aliphatic rings. The van der Waals surface area contributed by atoms with Crippen molar-refractivity contribution in [3.8, 4) is 28.7 Å². The van der Waals surface area contributed by atoms with Crippen molar-refractivity contribution in [3.05, 3.63) is 124 Å². The standard InChI is InChI=1S/C33H22F10O/c1-2-3-4-5-19-7-13-25(28(36)14-19)33(42,43)44-23-11-12-24(27(35)18-23)22-10-9-21(26(34)17-22)8-6-20-15-29(37)31(30(38)16-20)32(39,40)41/h7,9-18H,2-5H2,1H3. The Morgan fingerprint density at radius 1 is 0.659 bits per heavy atom. The van der Waals surface area contributed by atoms with Crippen LogP contribution in [0.3, 0.4) is 0 Å². The van der Waals surface area contributed by atoms with Crippen LogP contribution in [-0.4, -0.2) is 0 Å². The minimum Gasteiger partial charge on any atom is -0.429 e. The molecule has 0 aromatic heterocycles. The van der Waals surface area contributed by atoms with E-state index < -0.39 is 63.8 Å². The van der Waals surface area contributed by atoms with E-state index in [2.05, 4.69) is 16.6 Å². The van der Waals surface area contributed by atoms with Crippen LogP contribution in [0.5, 0.6) is 5.75 Å². The van der Waals surface area contributed by atoms with Gasteiger partial charge >= 0.3 is 12.3 Å². The SMILES string of the molecule is CCCCCc1ccc(C(F)(F)Oc2ccc(-c3ccc(C#Cc4cc(F)c(C(F)(F)F)c(F)c4)c(F)c3)c(F)c2)c(F)c1. The minimum absolute atomic E-state index is 0.0415. The van der Waals surface area contributed by atoms with Crippen molar-refractivity contribution >= 4 is 0 Å². The smallest absolute Gasteiger partial charge is 0.429 e. The number of rotatable bonds is 8. The highest BCUT2D eigenvalue weighted by Crippen LogP contribution is 2.36. The minimum atomic E-state index is -5.26. The quantitative estimate of drug-likeness (QED) is 0.108. The van der Waals surface area contributed by atoms with E-state index in [0.29, 0.717) is 30.2 Å². The van der Waals surface area contributed by atoms with Gasteiger partial charge in [0.25, 0.3) is 0 Å². The first-order chi connectivity index (χ1) is 20.7. The Hall–Kier alpha value is -4.46. The van der Waals surface area contributed by atoms with Crippen molar-refractivity contribution in [1.82, 2.24) is 0 Å². The number of halogens is 10. The third kappa shape index (κ3) is 7.54. The van der Waals surface area contributed by atoms with Crippen LogP contribution in [0.4, 0.5) is 43.9 Å². The maximum absolute atomic E-state index is 14.9. The first-order valence-electron chi connectivity index (χ1n) is 13.2. The van der Waals surface area contributed by atoms with Gasteiger partial charge in [-0.3, -0.25) is 0 Å². The third-order valence-corrected chi connectivity index (χ3v) is 6.55. The Morgan fingerprint density at radius 3 is 1.95 bits per heavy atom. The molecule has 230 valence electrons. The van der Waals surface area contributed by atoms with Crippen molar-refractivity contribution in [2.75, 3.05) is 0 Å². The second kappa shape index (κ2) is 13.0. The Balaban J connectivity index is 1.51. The second-order valence-electron chi connectivity index (χ2n) is 9.79. The topological polar surface area (TPSA) is 9.23 Å². The van der Waals surface area contributed by atoms with Crippen molar-refractivity contribution in [1.29, 1.82) is 0 Å². The van der Waals surface area contributed by atoms with Crippen molar-refractivity contribution in [3.63, 3.8) is 0 Å². The van der Waals surface area contributed by atoms with Gasteiger partial charge in [-0.25, -0.2) is 22.0 Å². The van der Waals surface area contributed by atoms with Gasteiger partial charge in [0.1, 0.15) is 40.4 Å². The number of aryl methyl sites for hydroxylation is 1. The highest BCUT2D eigenvalue weighted by Gasteiger charge is 2.39. The highest BCUT2D eigenvalue weighted by molar-refractivity contribution is 5.66. The molecule has 0 saturated heterocycles. The molecule has 0 saturated carbocycles. The number of unbranched alkanes of at least 4 members (excludes halogenated alkanes) is 2. The molecule has 0 bridgehead atoms. The Morgan fingerprint density at radius 2 is 1.36 bits per heavy atom. The van der Waals surface area contributed by atoms with E-state index in [-0.39, 0.29) is 16.7 Å². The van der Waals surface area contributed by atoms with Gasteiger partial charge in [-0.05, 0) is 72.5 Å². The maximum Gasteiger partial charge on any atom is 0.429 e. The van der Waals surface area contributed by atoms with E-state index in [1.54, 1.807) is 0 Å². The Bertz CT molecular complexity index is 1710. The Labute approximate surface area is 246 Å². The lowest BCUT2D eigenvalue weighted by Crippen LogP contribution is -2.23. The van der Waals surface area contributed by atoms with Crippen LogP contribution >= 0.6 is 0 Å². The molecule has 0 heterocycles. The molecule has 4 rings (SSSR count). The van der Waals surface area contributed by atoms with E-state index in [1.165, 1.54) is 12.1 Å². The van der Waals surface area contributed by atoms with Gasteiger partial charge in [-0.1, -0.05) is 43.7 Å². The van der Waals surface area contributed by atoms with E-state index in [4.69, 9.17) is 0 Å². The van der Waals surface area contributed by atoms with Crippen LogP contribution in [0.1, 0.15) is 54.0 Å². The summed E-state index contributed by atoms with van der Waals surface area (Å²) in [6.45, 7) is 1.99. The molecular formula is C33H22F10O. The third-order valence-electron chi connectivity index (χ3n) is 6.55. The van der Waals surface area contributed by atoms with E-state index in [9.17, 15) is 43.9 Å². The summed E-state index contributed by atoms with van der Waals surface area (Å²) in [5.41, 5.74) is -3.63. The summed E-state index contributed by atoms with van der Waals surface area (Å²) in [4.78, 5) is 0. The van der Waals surface area contributed by atoms with Crippen LogP contribution in [-0.2, 0) is 18.7 Å². The number of alkyl halides is 5. The van der Waals surface area contributed by atoms with Crippen LogP contribution in [0.25, 0.3) is 11.1 Å². The molecule has 0 spiro atoms. The first kappa shape index (κ1) is 32.5. The summed E-state index contributed by atoms with van der Waals surface area (Å²) in [6.07, 6.45) is -6.24. The van der Waals surface area contributed by atoms with Gasteiger partial charge < -0.3 is 4.74 Å². The van der Waals surface area contributed by atoms with Gasteiger partial charge in [0.2, 0.25) is 0 Å².